The molecule has 2 aliphatic rings. The van der Waals surface area contributed by atoms with Crippen LogP contribution in [-0.4, -0.2) is 53.6 Å². The number of aromatic carboxylic acids is 1. The zero-order valence-electron chi connectivity index (χ0n) is 12.5. The normalized spacial score (nSPS) is 21.9. The van der Waals surface area contributed by atoms with E-state index in [1.165, 1.54) is 61.5 Å². The predicted molar refractivity (Wildman–Crippen MR) is 85.0 cm³/mol. The number of carboxylic acids is 1. The molecular formula is C16H24N2O2S. The van der Waals surface area contributed by atoms with Crippen molar-refractivity contribution in [3.63, 3.8) is 0 Å². The monoisotopic (exact) mass is 308 g/mol. The number of carboxylic acid groups (broad SMARTS) is 1. The lowest BCUT2D eigenvalue weighted by molar-refractivity contribution is 0.0702. The summed E-state index contributed by atoms with van der Waals surface area (Å²) in [6, 6.07) is 3.69. The minimum absolute atomic E-state index is 0.453. The Balaban J connectivity index is 1.43. The first kappa shape index (κ1) is 15.0. The maximum absolute atomic E-state index is 10.9. The molecule has 2 saturated heterocycles. The van der Waals surface area contributed by atoms with Crippen LogP contribution in [0.3, 0.4) is 0 Å². The number of hydrogen-bond donors (Lipinski definition) is 1. The molecule has 116 valence electrons. The van der Waals surface area contributed by atoms with Gasteiger partial charge in [0.1, 0.15) is 4.88 Å². The van der Waals surface area contributed by atoms with Gasteiger partial charge < -0.3 is 10.0 Å². The molecule has 2 aliphatic heterocycles. The molecule has 0 aromatic carbocycles. The van der Waals surface area contributed by atoms with E-state index in [-0.39, 0.29) is 0 Å². The topological polar surface area (TPSA) is 43.8 Å². The average Bonchev–Trinajstić information content (AvgIpc) is 3.12. The van der Waals surface area contributed by atoms with E-state index < -0.39 is 5.97 Å². The number of rotatable bonds is 5. The van der Waals surface area contributed by atoms with Crippen LogP contribution in [-0.2, 0) is 6.54 Å². The molecule has 0 saturated carbocycles. The molecule has 0 radical (unpaired) electrons. The van der Waals surface area contributed by atoms with Crippen LogP contribution in [0, 0.1) is 5.92 Å². The summed E-state index contributed by atoms with van der Waals surface area (Å²) in [5.41, 5.74) is 0. The van der Waals surface area contributed by atoms with Gasteiger partial charge in [0.25, 0.3) is 0 Å². The molecule has 3 rings (SSSR count). The van der Waals surface area contributed by atoms with E-state index in [0.29, 0.717) is 4.88 Å². The van der Waals surface area contributed by atoms with Gasteiger partial charge in [0.2, 0.25) is 0 Å². The molecule has 4 nitrogen and oxygen atoms in total. The summed E-state index contributed by atoms with van der Waals surface area (Å²) in [6.45, 7) is 7.10. The number of nitrogens with zero attached hydrogens (tertiary/aromatic N) is 2. The third-order valence-electron chi connectivity index (χ3n) is 4.67. The number of likely N-dealkylation sites (tertiary alicyclic amines) is 2. The van der Waals surface area contributed by atoms with Gasteiger partial charge in [0, 0.05) is 18.0 Å². The third-order valence-corrected chi connectivity index (χ3v) is 5.73. The molecule has 0 atom stereocenters. The van der Waals surface area contributed by atoms with Crippen molar-refractivity contribution in [2.45, 2.75) is 32.2 Å². The first-order valence-electron chi connectivity index (χ1n) is 7.97. The van der Waals surface area contributed by atoms with Crippen LogP contribution in [0.15, 0.2) is 12.1 Å². The molecule has 1 N–H and O–H groups in total. The molecular weight excluding hydrogens is 284 g/mol. The second kappa shape index (κ2) is 6.90. The van der Waals surface area contributed by atoms with Gasteiger partial charge in [-0.1, -0.05) is 0 Å². The lowest BCUT2D eigenvalue weighted by Gasteiger charge is -2.33. The Morgan fingerprint density at radius 3 is 2.48 bits per heavy atom. The van der Waals surface area contributed by atoms with Crippen molar-refractivity contribution in [1.29, 1.82) is 0 Å². The summed E-state index contributed by atoms with van der Waals surface area (Å²) < 4.78 is 0. The summed E-state index contributed by atoms with van der Waals surface area (Å²) in [6.07, 6.45) is 5.33. The number of piperidine rings is 1. The lowest BCUT2D eigenvalue weighted by atomic mass is 9.96. The SMILES string of the molecule is O=C(O)c1ccc(CN2CCC(CN3CCCC3)CC2)s1. The van der Waals surface area contributed by atoms with Gasteiger partial charge in [-0.25, -0.2) is 4.79 Å². The van der Waals surface area contributed by atoms with E-state index in [4.69, 9.17) is 5.11 Å². The molecule has 1 aromatic heterocycles. The van der Waals surface area contributed by atoms with Crippen LogP contribution in [0.1, 0.15) is 40.2 Å². The standard InChI is InChI=1S/C16H24N2O2S/c19-16(20)15-4-3-14(21-15)12-18-9-5-13(6-10-18)11-17-7-1-2-8-17/h3-4,13H,1-2,5-12H2,(H,19,20). The van der Waals surface area contributed by atoms with Crippen LogP contribution in [0.2, 0.25) is 0 Å². The summed E-state index contributed by atoms with van der Waals surface area (Å²) >= 11 is 1.41. The van der Waals surface area contributed by atoms with Crippen LogP contribution in [0.4, 0.5) is 0 Å². The van der Waals surface area contributed by atoms with Crippen LogP contribution >= 0.6 is 11.3 Å². The number of thiophene rings is 1. The molecule has 0 spiro atoms. The van der Waals surface area contributed by atoms with Crippen molar-refractivity contribution in [2.24, 2.45) is 5.92 Å². The van der Waals surface area contributed by atoms with Crippen molar-refractivity contribution in [3.05, 3.63) is 21.9 Å². The first-order chi connectivity index (χ1) is 10.2. The summed E-state index contributed by atoms with van der Waals surface area (Å²) in [4.78, 5) is 17.6. The highest BCUT2D eigenvalue weighted by molar-refractivity contribution is 7.13. The van der Waals surface area contributed by atoms with Crippen LogP contribution in [0.5, 0.6) is 0 Å². The Labute approximate surface area is 130 Å². The van der Waals surface area contributed by atoms with Crippen molar-refractivity contribution in [2.75, 3.05) is 32.7 Å². The van der Waals surface area contributed by atoms with E-state index in [0.717, 1.165) is 25.6 Å². The van der Waals surface area contributed by atoms with E-state index >= 15 is 0 Å². The fraction of sp³-hybridized carbons (Fsp3) is 0.688. The highest BCUT2D eigenvalue weighted by Crippen LogP contribution is 2.24. The van der Waals surface area contributed by atoms with Gasteiger partial charge in [-0.15, -0.1) is 11.3 Å². The van der Waals surface area contributed by atoms with Gasteiger partial charge in [-0.05, 0) is 69.9 Å². The number of hydrogen-bond acceptors (Lipinski definition) is 4. The predicted octanol–water partition coefficient (Wildman–Crippen LogP) is 2.75. The zero-order valence-corrected chi connectivity index (χ0v) is 13.3. The van der Waals surface area contributed by atoms with Crippen LogP contribution in [0.25, 0.3) is 0 Å². The molecule has 2 fully saturated rings. The van der Waals surface area contributed by atoms with Crippen molar-refractivity contribution in [3.8, 4) is 0 Å². The van der Waals surface area contributed by atoms with Gasteiger partial charge in [0.05, 0.1) is 0 Å². The maximum Gasteiger partial charge on any atom is 0.345 e. The van der Waals surface area contributed by atoms with E-state index in [1.807, 2.05) is 6.07 Å². The Morgan fingerprint density at radius 1 is 1.14 bits per heavy atom. The fourth-order valence-corrected chi connectivity index (χ4v) is 4.34. The van der Waals surface area contributed by atoms with Crippen LogP contribution < -0.4 is 0 Å². The smallest absolute Gasteiger partial charge is 0.345 e. The maximum atomic E-state index is 10.9. The van der Waals surface area contributed by atoms with E-state index in [2.05, 4.69) is 9.80 Å². The van der Waals surface area contributed by atoms with E-state index in [1.54, 1.807) is 6.07 Å². The average molecular weight is 308 g/mol. The Morgan fingerprint density at radius 2 is 1.86 bits per heavy atom. The molecule has 0 unspecified atom stereocenters. The van der Waals surface area contributed by atoms with Gasteiger partial charge in [0.15, 0.2) is 0 Å². The molecule has 0 amide bonds. The van der Waals surface area contributed by atoms with Gasteiger partial charge in [-0.2, -0.15) is 0 Å². The zero-order chi connectivity index (χ0) is 14.7. The lowest BCUT2D eigenvalue weighted by Crippen LogP contribution is -2.37. The molecule has 5 heteroatoms. The largest absolute Gasteiger partial charge is 0.477 e. The fourth-order valence-electron chi connectivity index (χ4n) is 3.46. The number of carbonyl (C=O) groups is 1. The first-order valence-corrected chi connectivity index (χ1v) is 8.79. The van der Waals surface area contributed by atoms with Crippen molar-refractivity contribution < 1.29 is 9.90 Å². The molecule has 21 heavy (non-hydrogen) atoms. The van der Waals surface area contributed by atoms with Gasteiger partial charge in [-0.3, -0.25) is 4.90 Å². The van der Waals surface area contributed by atoms with Gasteiger partial charge >= 0.3 is 5.97 Å². The summed E-state index contributed by atoms with van der Waals surface area (Å²) in [5, 5.41) is 8.97. The highest BCUT2D eigenvalue weighted by atomic mass is 32.1. The summed E-state index contributed by atoms with van der Waals surface area (Å²) in [5.74, 6) is 0.0489. The summed E-state index contributed by atoms with van der Waals surface area (Å²) in [7, 11) is 0. The third kappa shape index (κ3) is 4.05. The second-order valence-electron chi connectivity index (χ2n) is 6.30. The molecule has 0 bridgehead atoms. The van der Waals surface area contributed by atoms with Crippen molar-refractivity contribution in [1.82, 2.24) is 9.80 Å². The van der Waals surface area contributed by atoms with E-state index in [9.17, 15) is 4.79 Å². The molecule has 3 heterocycles. The molecule has 0 aliphatic carbocycles. The second-order valence-corrected chi connectivity index (χ2v) is 7.47. The Kier molecular flexibility index (Phi) is 4.93. The Hall–Kier alpha value is -0.910. The minimum Gasteiger partial charge on any atom is -0.477 e. The van der Waals surface area contributed by atoms with Crippen molar-refractivity contribution >= 4 is 17.3 Å². The molecule has 1 aromatic rings. The quantitative estimate of drug-likeness (QED) is 0.908. The highest BCUT2D eigenvalue weighted by Gasteiger charge is 2.23. The Bertz CT molecular complexity index is 474. The minimum atomic E-state index is -0.810.